The Hall–Kier alpha value is -0.870. The van der Waals surface area contributed by atoms with Gasteiger partial charge < -0.3 is 14.6 Å². The van der Waals surface area contributed by atoms with E-state index in [1.54, 1.807) is 0 Å². The largest absolute Gasteiger partial charge is 0.465 e. The van der Waals surface area contributed by atoms with E-state index in [-0.39, 0.29) is 45.9 Å². The van der Waals surface area contributed by atoms with E-state index in [1.165, 1.54) is 6.92 Å². The number of aliphatic hydroxyl groups excluding tert-OH is 1. The quantitative estimate of drug-likeness (QED) is 0.601. The highest BCUT2D eigenvalue weighted by molar-refractivity contribution is 5.65. The molecule has 0 radical (unpaired) electrons. The van der Waals surface area contributed by atoms with Crippen molar-refractivity contribution in [3.05, 3.63) is 12.7 Å². The molecule has 1 aliphatic heterocycles. The summed E-state index contributed by atoms with van der Waals surface area (Å²) < 4.78 is 12.3. The second-order valence-corrected chi connectivity index (χ2v) is 9.90. The third-order valence-corrected chi connectivity index (χ3v) is 8.07. The third kappa shape index (κ3) is 2.75. The third-order valence-electron chi connectivity index (χ3n) is 8.07. The molecule has 148 valence electrons. The molecule has 4 nitrogen and oxygen atoms in total. The monoisotopic (exact) mass is 364 g/mol. The van der Waals surface area contributed by atoms with Crippen LogP contribution in [-0.4, -0.2) is 35.0 Å². The van der Waals surface area contributed by atoms with Crippen molar-refractivity contribution in [2.45, 2.75) is 90.4 Å². The number of ether oxygens (including phenoxy) is 2. The number of esters is 1. The first kappa shape index (κ1) is 19.9. The summed E-state index contributed by atoms with van der Waals surface area (Å²) in [4.78, 5) is 11.5. The molecule has 0 aromatic heterocycles. The van der Waals surface area contributed by atoms with Gasteiger partial charge in [0.15, 0.2) is 0 Å². The predicted octanol–water partition coefficient (Wildman–Crippen LogP) is 4.26. The Morgan fingerprint density at radius 3 is 2.54 bits per heavy atom. The number of carbonyl (C=O) groups excluding carboxylic acids is 1. The lowest BCUT2D eigenvalue weighted by molar-refractivity contribution is -0.268. The molecule has 26 heavy (non-hydrogen) atoms. The molecule has 0 bridgehead atoms. The summed E-state index contributed by atoms with van der Waals surface area (Å²) in [5.41, 5.74) is -0.911. The molecule has 1 spiro atoms. The minimum Gasteiger partial charge on any atom is -0.465 e. The molecule has 0 unspecified atom stereocenters. The minimum absolute atomic E-state index is 0.0615. The van der Waals surface area contributed by atoms with Crippen LogP contribution in [0.3, 0.4) is 0 Å². The summed E-state index contributed by atoms with van der Waals surface area (Å²) in [7, 11) is 0. The number of fused-ring (bicyclic) bond motifs is 2. The summed E-state index contributed by atoms with van der Waals surface area (Å²) in [5.74, 6) is 0.103. The van der Waals surface area contributed by atoms with Gasteiger partial charge in [0.1, 0.15) is 0 Å². The Labute approximate surface area is 158 Å². The van der Waals surface area contributed by atoms with Gasteiger partial charge in [0.2, 0.25) is 0 Å². The Balaban J connectivity index is 2.02. The first-order valence-corrected chi connectivity index (χ1v) is 10.2. The van der Waals surface area contributed by atoms with Crippen LogP contribution in [0, 0.1) is 22.7 Å². The van der Waals surface area contributed by atoms with Gasteiger partial charge in [-0.25, -0.2) is 0 Å². The van der Waals surface area contributed by atoms with Crippen LogP contribution in [0.4, 0.5) is 0 Å². The van der Waals surface area contributed by atoms with Crippen molar-refractivity contribution in [3.63, 3.8) is 0 Å². The van der Waals surface area contributed by atoms with Gasteiger partial charge in [-0.3, -0.25) is 4.79 Å². The highest BCUT2D eigenvalue weighted by atomic mass is 16.5. The molecule has 3 rings (SSSR count). The highest BCUT2D eigenvalue weighted by Crippen LogP contribution is 2.67. The lowest BCUT2D eigenvalue weighted by Gasteiger charge is -2.65. The predicted molar refractivity (Wildman–Crippen MR) is 102 cm³/mol. The Morgan fingerprint density at radius 1 is 1.27 bits per heavy atom. The molecular formula is C22H36O4. The van der Waals surface area contributed by atoms with Crippen molar-refractivity contribution in [1.29, 1.82) is 0 Å². The van der Waals surface area contributed by atoms with Crippen LogP contribution in [0.25, 0.3) is 0 Å². The topological polar surface area (TPSA) is 55.8 Å². The van der Waals surface area contributed by atoms with Gasteiger partial charge in [0.05, 0.1) is 23.9 Å². The van der Waals surface area contributed by atoms with Gasteiger partial charge in [-0.2, -0.15) is 0 Å². The van der Waals surface area contributed by atoms with Crippen LogP contribution >= 0.6 is 0 Å². The number of aliphatic hydroxyl groups is 1. The molecule has 1 heterocycles. The van der Waals surface area contributed by atoms with Gasteiger partial charge in [0, 0.05) is 23.7 Å². The minimum atomic E-state index is -0.388. The van der Waals surface area contributed by atoms with E-state index in [0.29, 0.717) is 6.61 Å². The van der Waals surface area contributed by atoms with Crippen molar-refractivity contribution in [2.24, 2.45) is 22.7 Å². The lowest BCUT2D eigenvalue weighted by Crippen LogP contribution is -2.67. The van der Waals surface area contributed by atoms with E-state index in [4.69, 9.17) is 9.47 Å². The van der Waals surface area contributed by atoms with Gasteiger partial charge in [0.25, 0.3) is 0 Å². The van der Waals surface area contributed by atoms with Gasteiger partial charge in [-0.1, -0.05) is 33.3 Å². The number of hydrogen-bond donors (Lipinski definition) is 1. The number of rotatable bonds is 3. The molecule has 2 aliphatic carbocycles. The highest BCUT2D eigenvalue weighted by Gasteiger charge is 2.69. The van der Waals surface area contributed by atoms with E-state index >= 15 is 0 Å². The molecule has 0 aromatic rings. The average molecular weight is 365 g/mol. The summed E-state index contributed by atoms with van der Waals surface area (Å²) in [6.45, 7) is 14.7. The average Bonchev–Trinajstić information content (AvgIpc) is 2.92. The standard InChI is InChI=1S/C22H36O4/c1-7-20(5)11-12-22(26-20)15(2)13-17(24)18-19(4,14-25-16(3)23)9-8-10-21(18,22)6/h7,15,17-18,24H,1,8-14H2,2-6H3/t15-,17+,18-,19+,20-,21-,22+/m0/s1. The van der Waals surface area contributed by atoms with Crippen LogP contribution in [0.1, 0.15) is 73.1 Å². The number of carbonyl (C=O) groups is 1. The van der Waals surface area contributed by atoms with Crippen LogP contribution in [0.15, 0.2) is 12.7 Å². The fraction of sp³-hybridized carbons (Fsp3) is 0.864. The second-order valence-electron chi connectivity index (χ2n) is 9.90. The van der Waals surface area contributed by atoms with E-state index in [1.807, 2.05) is 6.08 Å². The Morgan fingerprint density at radius 2 is 1.96 bits per heavy atom. The Kier molecular flexibility index (Phi) is 4.85. The fourth-order valence-electron chi connectivity index (χ4n) is 6.83. The molecule has 1 saturated heterocycles. The van der Waals surface area contributed by atoms with Crippen molar-refractivity contribution in [1.82, 2.24) is 0 Å². The normalized spacial score (nSPS) is 51.1. The van der Waals surface area contributed by atoms with Gasteiger partial charge >= 0.3 is 5.97 Å². The zero-order valence-electron chi connectivity index (χ0n) is 17.1. The van der Waals surface area contributed by atoms with Gasteiger partial charge in [-0.15, -0.1) is 6.58 Å². The first-order valence-electron chi connectivity index (χ1n) is 10.2. The van der Waals surface area contributed by atoms with E-state index in [2.05, 4.69) is 34.3 Å². The summed E-state index contributed by atoms with van der Waals surface area (Å²) in [6.07, 6.45) is 7.35. The van der Waals surface area contributed by atoms with Crippen molar-refractivity contribution >= 4 is 5.97 Å². The molecule has 3 fully saturated rings. The second kappa shape index (κ2) is 6.34. The summed E-state index contributed by atoms with van der Waals surface area (Å²) in [6, 6.07) is 0. The van der Waals surface area contributed by atoms with Gasteiger partial charge in [-0.05, 0) is 44.9 Å². The lowest BCUT2D eigenvalue weighted by atomic mass is 9.43. The zero-order valence-corrected chi connectivity index (χ0v) is 17.1. The van der Waals surface area contributed by atoms with Crippen molar-refractivity contribution < 1.29 is 19.4 Å². The first-order chi connectivity index (χ1) is 12.0. The summed E-state index contributed by atoms with van der Waals surface area (Å²) in [5, 5.41) is 11.2. The zero-order chi connectivity index (χ0) is 19.4. The van der Waals surface area contributed by atoms with Crippen LogP contribution < -0.4 is 0 Å². The molecular weight excluding hydrogens is 328 g/mol. The maximum atomic E-state index is 11.5. The Bertz CT molecular complexity index is 589. The molecule has 3 aliphatic rings. The fourth-order valence-corrected chi connectivity index (χ4v) is 6.83. The summed E-state index contributed by atoms with van der Waals surface area (Å²) >= 11 is 0. The van der Waals surface area contributed by atoms with Crippen LogP contribution in [0.5, 0.6) is 0 Å². The smallest absolute Gasteiger partial charge is 0.302 e. The van der Waals surface area contributed by atoms with E-state index < -0.39 is 0 Å². The van der Waals surface area contributed by atoms with Crippen molar-refractivity contribution in [3.8, 4) is 0 Å². The van der Waals surface area contributed by atoms with E-state index in [0.717, 1.165) is 38.5 Å². The molecule has 2 saturated carbocycles. The molecule has 4 heteroatoms. The molecule has 0 aromatic carbocycles. The maximum absolute atomic E-state index is 11.5. The molecule has 1 N–H and O–H groups in total. The SMILES string of the molecule is C=C[C@@]1(C)CC[C@@]2(O1)[C@@H](C)C[C@@H](O)[C@H]1[C@@](C)(COC(C)=O)CCC[C@@]12C. The number of hydrogen-bond acceptors (Lipinski definition) is 4. The van der Waals surface area contributed by atoms with Crippen LogP contribution in [0.2, 0.25) is 0 Å². The van der Waals surface area contributed by atoms with Crippen LogP contribution in [-0.2, 0) is 14.3 Å². The van der Waals surface area contributed by atoms with Crippen molar-refractivity contribution in [2.75, 3.05) is 6.61 Å². The molecule has 0 amide bonds. The maximum Gasteiger partial charge on any atom is 0.302 e. The van der Waals surface area contributed by atoms with E-state index in [9.17, 15) is 9.90 Å². The molecule has 7 atom stereocenters.